The molecule has 1 saturated heterocycles. The van der Waals surface area contributed by atoms with Crippen molar-refractivity contribution in [3.05, 3.63) is 35.4 Å². The molecule has 1 heterocycles. The monoisotopic (exact) mass is 232 g/mol. The number of hydrogen-bond acceptors (Lipinski definition) is 2. The van der Waals surface area contributed by atoms with Crippen LogP contribution in [0.4, 0.5) is 0 Å². The molecule has 1 aliphatic heterocycles. The smallest absolute Gasteiger partial charge is 0.0348 e. The third-order valence-corrected chi connectivity index (χ3v) is 3.82. The molecule has 17 heavy (non-hydrogen) atoms. The van der Waals surface area contributed by atoms with Gasteiger partial charge in [0.2, 0.25) is 0 Å². The Bertz CT molecular complexity index is 331. The summed E-state index contributed by atoms with van der Waals surface area (Å²) < 4.78 is 0. The van der Waals surface area contributed by atoms with E-state index in [1.807, 2.05) is 0 Å². The molecule has 0 aliphatic carbocycles. The van der Waals surface area contributed by atoms with E-state index in [-0.39, 0.29) is 0 Å². The van der Waals surface area contributed by atoms with Crippen molar-refractivity contribution in [3.63, 3.8) is 0 Å². The second kappa shape index (κ2) is 6.18. The quantitative estimate of drug-likeness (QED) is 0.865. The minimum atomic E-state index is 0.640. The van der Waals surface area contributed by atoms with Gasteiger partial charge in [0.15, 0.2) is 0 Å². The summed E-state index contributed by atoms with van der Waals surface area (Å²) >= 11 is 0. The van der Waals surface area contributed by atoms with Crippen LogP contribution in [0.1, 0.15) is 43.4 Å². The molecular weight excluding hydrogens is 208 g/mol. The van der Waals surface area contributed by atoms with Crippen LogP contribution in [0.5, 0.6) is 0 Å². The van der Waals surface area contributed by atoms with E-state index in [2.05, 4.69) is 36.1 Å². The maximum Gasteiger partial charge on any atom is 0.0348 e. The van der Waals surface area contributed by atoms with E-state index in [0.29, 0.717) is 6.04 Å². The Morgan fingerprint density at radius 2 is 2.00 bits per heavy atom. The van der Waals surface area contributed by atoms with Crippen molar-refractivity contribution < 1.29 is 0 Å². The van der Waals surface area contributed by atoms with Gasteiger partial charge in [-0.2, -0.15) is 0 Å². The van der Waals surface area contributed by atoms with Crippen LogP contribution >= 0.6 is 0 Å². The van der Waals surface area contributed by atoms with Crippen LogP contribution in [-0.2, 0) is 6.42 Å². The molecule has 2 N–H and O–H groups in total. The molecule has 1 unspecified atom stereocenters. The van der Waals surface area contributed by atoms with E-state index in [1.54, 1.807) is 0 Å². The predicted octanol–water partition coefficient (Wildman–Crippen LogP) is 2.73. The lowest BCUT2D eigenvalue weighted by Gasteiger charge is -2.35. The van der Waals surface area contributed by atoms with Gasteiger partial charge >= 0.3 is 0 Å². The Morgan fingerprint density at radius 3 is 2.65 bits per heavy atom. The summed E-state index contributed by atoms with van der Waals surface area (Å²) in [6.07, 6.45) is 5.02. The van der Waals surface area contributed by atoms with Gasteiger partial charge in [-0.3, -0.25) is 4.90 Å². The Morgan fingerprint density at radius 1 is 1.24 bits per heavy atom. The van der Waals surface area contributed by atoms with Crippen LogP contribution in [0.15, 0.2) is 24.3 Å². The first-order chi connectivity index (χ1) is 8.35. The van der Waals surface area contributed by atoms with E-state index in [1.165, 1.54) is 36.9 Å². The summed E-state index contributed by atoms with van der Waals surface area (Å²) in [4.78, 5) is 2.60. The highest BCUT2D eigenvalue weighted by atomic mass is 15.2. The lowest BCUT2D eigenvalue weighted by atomic mass is 9.94. The molecule has 0 radical (unpaired) electrons. The average Bonchev–Trinajstić information content (AvgIpc) is 2.40. The van der Waals surface area contributed by atoms with Crippen molar-refractivity contribution in [2.75, 3.05) is 19.6 Å². The fourth-order valence-corrected chi connectivity index (χ4v) is 2.82. The molecule has 0 spiro atoms. The summed E-state index contributed by atoms with van der Waals surface area (Å²) in [6, 6.07) is 9.71. The first kappa shape index (κ1) is 12.6. The molecule has 1 aromatic carbocycles. The fraction of sp³-hybridized carbons (Fsp3) is 0.600. The van der Waals surface area contributed by atoms with Gasteiger partial charge in [0.25, 0.3) is 0 Å². The highest BCUT2D eigenvalue weighted by Gasteiger charge is 2.21. The van der Waals surface area contributed by atoms with Crippen LogP contribution in [0.3, 0.4) is 0 Å². The largest absolute Gasteiger partial charge is 0.330 e. The highest BCUT2D eigenvalue weighted by Crippen LogP contribution is 2.30. The maximum absolute atomic E-state index is 5.58. The molecule has 94 valence electrons. The lowest BCUT2D eigenvalue weighted by molar-refractivity contribution is 0.157. The standard InChI is InChI=1S/C15H24N2/c1-2-17-12-4-3-5-15(17)14-8-6-13(7-9-14)10-11-16/h6-9,15H,2-5,10-12,16H2,1H3. The van der Waals surface area contributed by atoms with Gasteiger partial charge < -0.3 is 5.73 Å². The van der Waals surface area contributed by atoms with E-state index in [9.17, 15) is 0 Å². The third kappa shape index (κ3) is 3.08. The van der Waals surface area contributed by atoms with Crippen molar-refractivity contribution in [2.45, 2.75) is 38.6 Å². The normalized spacial score (nSPS) is 21.6. The molecule has 1 aromatic rings. The maximum atomic E-state index is 5.58. The zero-order chi connectivity index (χ0) is 12.1. The molecule has 1 fully saturated rings. The van der Waals surface area contributed by atoms with Gasteiger partial charge in [-0.1, -0.05) is 37.6 Å². The number of nitrogens with zero attached hydrogens (tertiary/aromatic N) is 1. The SMILES string of the molecule is CCN1CCCCC1c1ccc(CCN)cc1. The number of benzene rings is 1. The van der Waals surface area contributed by atoms with Gasteiger partial charge in [-0.15, -0.1) is 0 Å². The van der Waals surface area contributed by atoms with Crippen LogP contribution in [0.25, 0.3) is 0 Å². The summed E-state index contributed by atoms with van der Waals surface area (Å²) in [6.45, 7) is 5.42. The molecule has 0 amide bonds. The van der Waals surface area contributed by atoms with Crippen molar-refractivity contribution in [3.8, 4) is 0 Å². The van der Waals surface area contributed by atoms with Crippen molar-refractivity contribution in [1.29, 1.82) is 0 Å². The van der Waals surface area contributed by atoms with Crippen LogP contribution in [0, 0.1) is 0 Å². The third-order valence-electron chi connectivity index (χ3n) is 3.82. The molecule has 1 aliphatic rings. The molecule has 2 heteroatoms. The van der Waals surface area contributed by atoms with Crippen LogP contribution in [0.2, 0.25) is 0 Å². The number of piperidine rings is 1. The average molecular weight is 232 g/mol. The first-order valence-electron chi connectivity index (χ1n) is 6.88. The Hall–Kier alpha value is -0.860. The second-order valence-electron chi connectivity index (χ2n) is 4.92. The van der Waals surface area contributed by atoms with E-state index in [0.717, 1.165) is 19.5 Å². The molecule has 2 nitrogen and oxygen atoms in total. The summed E-state index contributed by atoms with van der Waals surface area (Å²) in [5, 5.41) is 0. The van der Waals surface area contributed by atoms with E-state index < -0.39 is 0 Å². The van der Waals surface area contributed by atoms with Gasteiger partial charge in [0.05, 0.1) is 0 Å². The molecule has 0 bridgehead atoms. The molecule has 0 saturated carbocycles. The number of rotatable bonds is 4. The summed E-state index contributed by atoms with van der Waals surface area (Å²) in [7, 11) is 0. The molecule has 2 rings (SSSR count). The lowest BCUT2D eigenvalue weighted by Crippen LogP contribution is -2.33. The van der Waals surface area contributed by atoms with Gasteiger partial charge in [0.1, 0.15) is 0 Å². The predicted molar refractivity (Wildman–Crippen MR) is 73.0 cm³/mol. The van der Waals surface area contributed by atoms with Gasteiger partial charge in [0, 0.05) is 6.04 Å². The zero-order valence-corrected chi connectivity index (χ0v) is 10.9. The number of nitrogens with two attached hydrogens (primary N) is 1. The Kier molecular flexibility index (Phi) is 4.57. The van der Waals surface area contributed by atoms with Gasteiger partial charge in [-0.05, 0) is 50.0 Å². The molecule has 1 atom stereocenters. The summed E-state index contributed by atoms with van der Waals surface area (Å²) in [5.74, 6) is 0. The highest BCUT2D eigenvalue weighted by molar-refractivity contribution is 5.25. The second-order valence-corrected chi connectivity index (χ2v) is 4.92. The van der Waals surface area contributed by atoms with Crippen molar-refractivity contribution in [2.24, 2.45) is 5.73 Å². The minimum absolute atomic E-state index is 0.640. The molecule has 0 aromatic heterocycles. The minimum Gasteiger partial charge on any atom is -0.330 e. The van der Waals surface area contributed by atoms with Crippen LogP contribution in [-0.4, -0.2) is 24.5 Å². The zero-order valence-electron chi connectivity index (χ0n) is 10.9. The van der Waals surface area contributed by atoms with Crippen molar-refractivity contribution in [1.82, 2.24) is 4.90 Å². The molecular formula is C15H24N2. The first-order valence-corrected chi connectivity index (χ1v) is 6.88. The Balaban J connectivity index is 2.09. The fourth-order valence-electron chi connectivity index (χ4n) is 2.82. The topological polar surface area (TPSA) is 29.3 Å². The number of likely N-dealkylation sites (tertiary alicyclic amines) is 1. The summed E-state index contributed by atoms with van der Waals surface area (Å²) in [5.41, 5.74) is 8.41. The number of hydrogen-bond donors (Lipinski definition) is 1. The Labute approximate surface area is 105 Å². The van der Waals surface area contributed by atoms with Crippen LogP contribution < -0.4 is 5.73 Å². The van der Waals surface area contributed by atoms with Gasteiger partial charge in [-0.25, -0.2) is 0 Å². The van der Waals surface area contributed by atoms with E-state index >= 15 is 0 Å². The van der Waals surface area contributed by atoms with Crippen molar-refractivity contribution >= 4 is 0 Å². The van der Waals surface area contributed by atoms with E-state index in [4.69, 9.17) is 5.73 Å².